The zero-order valence-corrected chi connectivity index (χ0v) is 13.9. The van der Waals surface area contributed by atoms with Gasteiger partial charge in [0.25, 0.3) is 0 Å². The van der Waals surface area contributed by atoms with Gasteiger partial charge in [-0.2, -0.15) is 5.10 Å². The van der Waals surface area contributed by atoms with Crippen LogP contribution in [0.1, 0.15) is 36.4 Å². The lowest BCUT2D eigenvalue weighted by Crippen LogP contribution is -2.12. The van der Waals surface area contributed by atoms with Crippen LogP contribution in [-0.4, -0.2) is 23.4 Å². The highest BCUT2D eigenvalue weighted by Gasteiger charge is 2.15. The van der Waals surface area contributed by atoms with Gasteiger partial charge in [0.15, 0.2) is 0 Å². The number of halogens is 1. The number of nitrogens with zero attached hydrogens (tertiary/aromatic N) is 2. The Morgan fingerprint density at radius 3 is 2.67 bits per heavy atom. The van der Waals surface area contributed by atoms with Gasteiger partial charge in [0.1, 0.15) is 0 Å². The van der Waals surface area contributed by atoms with Crippen LogP contribution >= 0.6 is 11.6 Å². The third-order valence-electron chi connectivity index (χ3n) is 3.77. The van der Waals surface area contributed by atoms with Gasteiger partial charge in [-0.15, -0.1) is 0 Å². The minimum atomic E-state index is 0.781. The highest BCUT2D eigenvalue weighted by Crippen LogP contribution is 2.19. The first kappa shape index (κ1) is 16.1. The normalized spacial score (nSPS) is 11.0. The Hall–Kier alpha value is -1.32. The van der Waals surface area contributed by atoms with Crippen molar-refractivity contribution in [3.63, 3.8) is 0 Å². The Kier molecular flexibility index (Phi) is 5.83. The first-order valence-corrected chi connectivity index (χ1v) is 8.03. The van der Waals surface area contributed by atoms with Gasteiger partial charge in [0.2, 0.25) is 0 Å². The summed E-state index contributed by atoms with van der Waals surface area (Å²) >= 11 is 6.08. The average Bonchev–Trinajstić information content (AvgIpc) is 2.81. The van der Waals surface area contributed by atoms with Gasteiger partial charge in [-0.3, -0.25) is 4.68 Å². The Morgan fingerprint density at radius 2 is 2.05 bits per heavy atom. The lowest BCUT2D eigenvalue weighted by Gasteiger charge is -2.08. The molecule has 0 atom stereocenters. The van der Waals surface area contributed by atoms with E-state index < -0.39 is 0 Å². The van der Waals surface area contributed by atoms with Crippen LogP contribution in [0, 0.1) is 0 Å². The molecule has 1 N–H and O–H groups in total. The van der Waals surface area contributed by atoms with Gasteiger partial charge in [-0.25, -0.2) is 0 Å². The highest BCUT2D eigenvalue weighted by atomic mass is 35.5. The minimum absolute atomic E-state index is 0.781. The maximum Gasteiger partial charge on any atom is 0.0663 e. The van der Waals surface area contributed by atoms with Crippen LogP contribution in [0.5, 0.6) is 0 Å². The number of nitrogens with one attached hydrogen (secondary N) is 1. The van der Waals surface area contributed by atoms with Gasteiger partial charge in [0, 0.05) is 10.7 Å². The van der Waals surface area contributed by atoms with Crippen molar-refractivity contribution in [2.45, 2.75) is 39.7 Å². The van der Waals surface area contributed by atoms with Crippen molar-refractivity contribution < 1.29 is 0 Å². The molecule has 0 unspecified atom stereocenters. The first-order valence-electron chi connectivity index (χ1n) is 7.66. The van der Waals surface area contributed by atoms with E-state index in [1.165, 1.54) is 22.5 Å². The lowest BCUT2D eigenvalue weighted by molar-refractivity contribution is 0.639. The van der Waals surface area contributed by atoms with E-state index in [1.54, 1.807) is 0 Å². The minimum Gasteiger partial charge on any atom is -0.319 e. The van der Waals surface area contributed by atoms with Crippen molar-refractivity contribution in [3.05, 3.63) is 51.8 Å². The molecule has 3 nitrogen and oxygen atoms in total. The van der Waals surface area contributed by atoms with Crippen LogP contribution < -0.4 is 5.32 Å². The van der Waals surface area contributed by atoms with Crippen molar-refractivity contribution in [2.75, 3.05) is 13.6 Å². The van der Waals surface area contributed by atoms with Crippen molar-refractivity contribution in [2.24, 2.45) is 0 Å². The molecule has 0 saturated carbocycles. The van der Waals surface area contributed by atoms with Crippen molar-refractivity contribution in [1.82, 2.24) is 15.1 Å². The molecule has 0 amide bonds. The molecule has 1 aromatic carbocycles. The first-order chi connectivity index (χ1) is 10.2. The van der Waals surface area contributed by atoms with Crippen LogP contribution in [0.3, 0.4) is 0 Å². The standard InChI is InChI=1S/C17H24ClN3/c1-4-16-15(9-10-19-3)17(5-2)21(20-16)12-13-7-6-8-14(18)11-13/h6-8,11,19H,4-5,9-10,12H2,1-3H3. The predicted octanol–water partition coefficient (Wildman–Crippen LogP) is 3.47. The number of rotatable bonds is 7. The Bertz CT molecular complexity index is 590. The summed E-state index contributed by atoms with van der Waals surface area (Å²) in [7, 11) is 1.99. The summed E-state index contributed by atoms with van der Waals surface area (Å²) < 4.78 is 2.15. The quantitative estimate of drug-likeness (QED) is 0.849. The zero-order valence-electron chi connectivity index (χ0n) is 13.1. The molecule has 2 rings (SSSR count). The van der Waals surface area contributed by atoms with E-state index >= 15 is 0 Å². The third-order valence-corrected chi connectivity index (χ3v) is 4.00. The lowest BCUT2D eigenvalue weighted by atomic mass is 10.1. The SMILES string of the molecule is CCc1nn(Cc2cccc(Cl)c2)c(CC)c1CCNC. The Morgan fingerprint density at radius 1 is 1.24 bits per heavy atom. The summed E-state index contributed by atoms with van der Waals surface area (Å²) in [5, 5.41) is 8.84. The average molecular weight is 306 g/mol. The Labute approximate surface area is 132 Å². The third kappa shape index (κ3) is 3.86. The second-order valence-electron chi connectivity index (χ2n) is 5.22. The fraction of sp³-hybridized carbons (Fsp3) is 0.471. The molecule has 4 heteroatoms. The summed E-state index contributed by atoms with van der Waals surface area (Å²) in [5.74, 6) is 0. The topological polar surface area (TPSA) is 29.9 Å². The molecule has 0 bridgehead atoms. The highest BCUT2D eigenvalue weighted by molar-refractivity contribution is 6.30. The van der Waals surface area contributed by atoms with Gasteiger partial charge in [-0.05, 0) is 56.1 Å². The van der Waals surface area contributed by atoms with Crippen molar-refractivity contribution >= 4 is 11.6 Å². The summed E-state index contributed by atoms with van der Waals surface area (Å²) in [6.07, 6.45) is 3.03. The van der Waals surface area contributed by atoms with Gasteiger partial charge < -0.3 is 5.32 Å². The monoisotopic (exact) mass is 305 g/mol. The van der Waals surface area contributed by atoms with E-state index in [2.05, 4.69) is 29.9 Å². The smallest absolute Gasteiger partial charge is 0.0663 e. The maximum atomic E-state index is 6.08. The van der Waals surface area contributed by atoms with E-state index in [-0.39, 0.29) is 0 Å². The molecule has 1 aromatic heterocycles. The van der Waals surface area contributed by atoms with E-state index in [4.69, 9.17) is 16.7 Å². The number of hydrogen-bond donors (Lipinski definition) is 1. The summed E-state index contributed by atoms with van der Waals surface area (Å²) in [4.78, 5) is 0. The number of aryl methyl sites for hydroxylation is 1. The molecule has 21 heavy (non-hydrogen) atoms. The summed E-state index contributed by atoms with van der Waals surface area (Å²) in [5.41, 5.74) is 5.19. The maximum absolute atomic E-state index is 6.08. The van der Waals surface area contributed by atoms with Crippen LogP contribution in [0.25, 0.3) is 0 Å². The van der Waals surface area contributed by atoms with Gasteiger partial charge in [0.05, 0.1) is 12.2 Å². The number of aromatic nitrogens is 2. The van der Waals surface area contributed by atoms with Gasteiger partial charge in [-0.1, -0.05) is 37.6 Å². The van der Waals surface area contributed by atoms with Crippen molar-refractivity contribution in [1.29, 1.82) is 0 Å². The zero-order chi connectivity index (χ0) is 15.2. The number of hydrogen-bond acceptors (Lipinski definition) is 2. The van der Waals surface area contributed by atoms with E-state index in [1.807, 2.05) is 25.2 Å². The van der Waals surface area contributed by atoms with Crippen molar-refractivity contribution in [3.8, 4) is 0 Å². The fourth-order valence-corrected chi connectivity index (χ4v) is 2.96. The molecular formula is C17H24ClN3. The second-order valence-corrected chi connectivity index (χ2v) is 5.66. The summed E-state index contributed by atoms with van der Waals surface area (Å²) in [6, 6.07) is 8.02. The van der Waals surface area contributed by atoms with E-state index in [9.17, 15) is 0 Å². The largest absolute Gasteiger partial charge is 0.319 e. The molecule has 1 heterocycles. The molecule has 0 saturated heterocycles. The molecule has 0 aliphatic heterocycles. The molecule has 0 aliphatic carbocycles. The van der Waals surface area contributed by atoms with Crippen LogP contribution in [-0.2, 0) is 25.8 Å². The molecule has 114 valence electrons. The van der Waals surface area contributed by atoms with Gasteiger partial charge >= 0.3 is 0 Å². The molecule has 0 fully saturated rings. The predicted molar refractivity (Wildman–Crippen MR) is 89.2 cm³/mol. The molecule has 0 aliphatic rings. The van der Waals surface area contributed by atoms with E-state index in [0.717, 1.165) is 37.4 Å². The van der Waals surface area contributed by atoms with Crippen LogP contribution in [0.4, 0.5) is 0 Å². The fourth-order valence-electron chi connectivity index (χ4n) is 2.75. The molecule has 2 aromatic rings. The number of benzene rings is 1. The molecule has 0 spiro atoms. The number of likely N-dealkylation sites (N-methyl/N-ethyl adjacent to an activating group) is 1. The molecular weight excluding hydrogens is 282 g/mol. The Balaban J connectivity index is 2.32. The second kappa shape index (κ2) is 7.62. The molecule has 0 radical (unpaired) electrons. The van der Waals surface area contributed by atoms with Crippen LogP contribution in [0.2, 0.25) is 5.02 Å². The van der Waals surface area contributed by atoms with E-state index in [0.29, 0.717) is 0 Å². The summed E-state index contributed by atoms with van der Waals surface area (Å²) in [6.45, 7) is 6.15. The van der Waals surface area contributed by atoms with Crippen LogP contribution in [0.15, 0.2) is 24.3 Å².